The van der Waals surface area contributed by atoms with Crippen molar-refractivity contribution >= 4 is 87.7 Å². The molecule has 0 aliphatic carbocycles. The fourth-order valence-corrected chi connectivity index (χ4v) is 11.9. The van der Waals surface area contributed by atoms with Crippen molar-refractivity contribution in [1.29, 1.82) is 0 Å². The summed E-state index contributed by atoms with van der Waals surface area (Å²) >= 11 is 0. The molecule has 0 unspecified atom stereocenters. The maximum absolute atomic E-state index is 6.31. The number of hydrogen-bond donors (Lipinski definition) is 0. The SMILES string of the molecule is c1ccc(-c2cccc(-c3ccccc3-c3c(-n4c5ccccc5c5ncccc54)c(-n4c5ccccc5c5ncccc54)nc(-n4c5ccccc5c5ncccc54)c3-n3c4ccccc4c4ncccc43)n2)cc1. The van der Waals surface area contributed by atoms with Crippen LogP contribution in [0.1, 0.15) is 0 Å². The zero-order valence-corrected chi connectivity index (χ0v) is 40.6. The summed E-state index contributed by atoms with van der Waals surface area (Å²) in [4.78, 5) is 32.3. The third-order valence-corrected chi connectivity index (χ3v) is 15.0. The van der Waals surface area contributed by atoms with Crippen LogP contribution in [-0.4, -0.2) is 48.2 Å². The molecule has 0 aliphatic heterocycles. The van der Waals surface area contributed by atoms with Crippen molar-refractivity contribution < 1.29 is 0 Å². The molecule has 10 nitrogen and oxygen atoms in total. The fraction of sp³-hybridized carbons (Fsp3) is 0. The summed E-state index contributed by atoms with van der Waals surface area (Å²) in [6.45, 7) is 0. The van der Waals surface area contributed by atoms with Gasteiger partial charge in [0.1, 0.15) is 11.4 Å². The molecule has 0 N–H and O–H groups in total. The van der Waals surface area contributed by atoms with Crippen LogP contribution in [0.3, 0.4) is 0 Å². The summed E-state index contributed by atoms with van der Waals surface area (Å²) in [5, 5.41) is 4.06. The minimum absolute atomic E-state index is 0.689. The first kappa shape index (κ1) is 42.0. The number of para-hydroxylation sites is 4. The molecule has 0 radical (unpaired) electrons. The number of benzene rings is 6. The molecule has 0 saturated carbocycles. The van der Waals surface area contributed by atoms with Crippen LogP contribution in [0.5, 0.6) is 0 Å². The Balaban J connectivity index is 1.22. The molecule has 0 fully saturated rings. The molecule has 0 spiro atoms. The monoisotopic (exact) mass is 972 g/mol. The number of hydrogen-bond acceptors (Lipinski definition) is 6. The van der Waals surface area contributed by atoms with Gasteiger partial charge in [0.05, 0.1) is 77.6 Å². The maximum Gasteiger partial charge on any atom is 0.165 e. The molecule has 10 heterocycles. The molecule has 76 heavy (non-hydrogen) atoms. The van der Waals surface area contributed by atoms with Gasteiger partial charge in [-0.25, -0.2) is 9.97 Å². The molecule has 10 aromatic heterocycles. The number of rotatable bonds is 7. The van der Waals surface area contributed by atoms with Gasteiger partial charge in [-0.3, -0.25) is 29.1 Å². The second-order valence-electron chi connectivity index (χ2n) is 19.0. The Morgan fingerprint density at radius 3 is 1.07 bits per heavy atom. The highest BCUT2D eigenvalue weighted by molar-refractivity contribution is 6.14. The van der Waals surface area contributed by atoms with Gasteiger partial charge in [0.25, 0.3) is 0 Å². The van der Waals surface area contributed by atoms with Crippen molar-refractivity contribution in [3.8, 4) is 56.7 Å². The van der Waals surface area contributed by atoms with Gasteiger partial charge >= 0.3 is 0 Å². The number of aromatic nitrogens is 10. The van der Waals surface area contributed by atoms with Crippen molar-refractivity contribution in [2.45, 2.75) is 0 Å². The van der Waals surface area contributed by atoms with Crippen LogP contribution in [0.4, 0.5) is 0 Å². The normalized spacial score (nSPS) is 11.9. The number of nitrogens with zero attached hydrogens (tertiary/aromatic N) is 10. The predicted octanol–water partition coefficient (Wildman–Crippen LogP) is 15.4. The van der Waals surface area contributed by atoms with E-state index in [1.165, 1.54) is 0 Å². The highest BCUT2D eigenvalue weighted by Gasteiger charge is 2.34. The lowest BCUT2D eigenvalue weighted by Gasteiger charge is -2.27. The summed E-state index contributed by atoms with van der Waals surface area (Å²) in [6, 6.07) is 76.4. The van der Waals surface area contributed by atoms with Crippen molar-refractivity contribution in [2.75, 3.05) is 0 Å². The zero-order valence-electron chi connectivity index (χ0n) is 40.6. The van der Waals surface area contributed by atoms with Crippen LogP contribution in [0, 0.1) is 0 Å². The zero-order chi connectivity index (χ0) is 49.8. The van der Waals surface area contributed by atoms with Crippen molar-refractivity contribution in [3.05, 3.63) is 243 Å². The Bertz CT molecular complexity index is 4560. The Morgan fingerprint density at radius 2 is 0.605 bits per heavy atom. The molecule has 0 aliphatic rings. The maximum atomic E-state index is 6.31. The van der Waals surface area contributed by atoms with E-state index in [4.69, 9.17) is 29.9 Å². The van der Waals surface area contributed by atoms with Crippen LogP contribution < -0.4 is 0 Å². The van der Waals surface area contributed by atoms with Crippen LogP contribution in [0.15, 0.2) is 243 Å². The molecule has 6 aromatic carbocycles. The summed E-state index contributed by atoms with van der Waals surface area (Å²) in [7, 11) is 0. The third-order valence-electron chi connectivity index (χ3n) is 15.0. The molecule has 16 rings (SSSR count). The lowest BCUT2D eigenvalue weighted by Crippen LogP contribution is -2.16. The smallest absolute Gasteiger partial charge is 0.165 e. The number of pyridine rings is 6. The standard InChI is InChI=1S/C66H40N10/c1-2-19-41(20-3-1)48-27-14-28-49(71-48)42-21-4-5-22-43(42)58-63(73-50-29-10-6-23-44(50)59-54(73)33-15-37-67-59)65(75-52-31-12-8-25-46(52)61-56(75)35-17-39-69-61)72-66(76-53-32-13-9-26-47(53)62-57(76)36-18-40-70-62)64(58)74-51-30-11-7-24-45(51)60-55(74)34-16-38-68-60/h1-40H. The van der Waals surface area contributed by atoms with Gasteiger partial charge in [-0.1, -0.05) is 133 Å². The van der Waals surface area contributed by atoms with Crippen LogP contribution in [-0.2, 0) is 0 Å². The molecular formula is C66H40N10. The molecule has 0 saturated heterocycles. The Labute approximate surface area is 433 Å². The van der Waals surface area contributed by atoms with E-state index in [0.29, 0.717) is 11.6 Å². The highest BCUT2D eigenvalue weighted by atomic mass is 15.2. The van der Waals surface area contributed by atoms with Crippen molar-refractivity contribution in [3.63, 3.8) is 0 Å². The van der Waals surface area contributed by atoms with Crippen LogP contribution in [0.25, 0.3) is 144 Å². The average molecular weight is 973 g/mol. The van der Waals surface area contributed by atoms with Crippen molar-refractivity contribution in [2.24, 2.45) is 0 Å². The second kappa shape index (κ2) is 16.5. The summed E-state index contributed by atoms with van der Waals surface area (Å²) in [6.07, 6.45) is 7.52. The number of fused-ring (bicyclic) bond motifs is 12. The molecule has 0 bridgehead atoms. The van der Waals surface area contributed by atoms with E-state index in [9.17, 15) is 0 Å². The first-order valence-electron chi connectivity index (χ1n) is 25.4. The van der Waals surface area contributed by atoms with E-state index in [-0.39, 0.29) is 0 Å². The molecule has 10 heteroatoms. The first-order valence-corrected chi connectivity index (χ1v) is 25.4. The van der Waals surface area contributed by atoms with E-state index in [2.05, 4.69) is 206 Å². The van der Waals surface area contributed by atoms with E-state index < -0.39 is 0 Å². The van der Waals surface area contributed by atoms with Gasteiger partial charge in [0.15, 0.2) is 11.6 Å². The van der Waals surface area contributed by atoms with Gasteiger partial charge in [0.2, 0.25) is 0 Å². The van der Waals surface area contributed by atoms with E-state index in [1.807, 2.05) is 55.1 Å². The van der Waals surface area contributed by atoms with E-state index in [0.717, 1.165) is 133 Å². The summed E-state index contributed by atoms with van der Waals surface area (Å²) in [5.74, 6) is 1.38. The van der Waals surface area contributed by atoms with E-state index >= 15 is 0 Å². The molecule has 16 aromatic rings. The average Bonchev–Trinajstić information content (AvgIpc) is 4.36. The molecule has 0 atom stereocenters. The van der Waals surface area contributed by atoms with Crippen molar-refractivity contribution in [1.82, 2.24) is 48.2 Å². The summed E-state index contributed by atoms with van der Waals surface area (Å²) in [5.41, 5.74) is 18.3. The van der Waals surface area contributed by atoms with Gasteiger partial charge in [-0.15, -0.1) is 0 Å². The largest absolute Gasteiger partial charge is 0.304 e. The van der Waals surface area contributed by atoms with Crippen LogP contribution >= 0.6 is 0 Å². The molecule has 354 valence electrons. The van der Waals surface area contributed by atoms with Gasteiger partial charge in [-0.2, -0.15) is 0 Å². The van der Waals surface area contributed by atoms with Gasteiger partial charge in [-0.05, 0) is 90.5 Å². The quantitative estimate of drug-likeness (QED) is 0.158. The minimum atomic E-state index is 0.689. The summed E-state index contributed by atoms with van der Waals surface area (Å²) < 4.78 is 9.42. The lowest BCUT2D eigenvalue weighted by atomic mass is 9.93. The first-order chi connectivity index (χ1) is 37.8. The lowest BCUT2D eigenvalue weighted by molar-refractivity contribution is 0.960. The molecule has 0 amide bonds. The predicted molar refractivity (Wildman–Crippen MR) is 307 cm³/mol. The third kappa shape index (κ3) is 6.03. The second-order valence-corrected chi connectivity index (χ2v) is 19.0. The Kier molecular flexibility index (Phi) is 9.10. The Hall–Kier alpha value is -10.6. The van der Waals surface area contributed by atoms with Gasteiger partial charge < -0.3 is 9.13 Å². The topological polar surface area (TPSA) is 97.1 Å². The van der Waals surface area contributed by atoms with Gasteiger partial charge in [0, 0.05) is 63.0 Å². The van der Waals surface area contributed by atoms with Crippen LogP contribution in [0.2, 0.25) is 0 Å². The Morgan fingerprint density at radius 1 is 0.250 bits per heavy atom. The molecular weight excluding hydrogens is 933 g/mol. The fourth-order valence-electron chi connectivity index (χ4n) is 11.9. The minimum Gasteiger partial charge on any atom is -0.304 e. The van der Waals surface area contributed by atoms with E-state index in [1.54, 1.807) is 0 Å². The highest BCUT2D eigenvalue weighted by Crippen LogP contribution is 2.50.